The van der Waals surface area contributed by atoms with Crippen LogP contribution in [0, 0.1) is 0 Å². The summed E-state index contributed by atoms with van der Waals surface area (Å²) in [5.74, 6) is 1.63. The quantitative estimate of drug-likeness (QED) is 0.802. The molecule has 0 spiro atoms. The van der Waals surface area contributed by atoms with E-state index in [4.69, 9.17) is 11.6 Å². The van der Waals surface area contributed by atoms with Crippen LogP contribution in [0.25, 0.3) is 0 Å². The maximum atomic E-state index is 11.2. The Morgan fingerprint density at radius 2 is 2.06 bits per heavy atom. The van der Waals surface area contributed by atoms with Crippen LogP contribution < -0.4 is 5.32 Å². The van der Waals surface area contributed by atoms with Gasteiger partial charge in [-0.25, -0.2) is 0 Å². The number of aromatic hydroxyl groups is 1. The summed E-state index contributed by atoms with van der Waals surface area (Å²) in [6, 6.07) is 5.44. The summed E-state index contributed by atoms with van der Waals surface area (Å²) in [6.07, 6.45) is 1.84. The molecule has 5 heteroatoms. The fraction of sp³-hybridized carbons (Fsp3) is 0.455. The molecule has 88 valence electrons. The van der Waals surface area contributed by atoms with Crippen molar-refractivity contribution in [2.24, 2.45) is 0 Å². The van der Waals surface area contributed by atoms with E-state index in [1.165, 1.54) is 0 Å². The maximum Gasteiger partial charge on any atom is 0.134 e. The van der Waals surface area contributed by atoms with Crippen molar-refractivity contribution in [3.05, 3.63) is 23.2 Å². The molecular weight excluding hydrogens is 246 g/mol. The first-order valence-electron chi connectivity index (χ1n) is 5.25. The summed E-state index contributed by atoms with van der Waals surface area (Å²) < 4.78 is 11.2. The summed E-state index contributed by atoms with van der Waals surface area (Å²) in [5.41, 5.74) is 0.903. The van der Waals surface area contributed by atoms with E-state index in [-0.39, 0.29) is 5.75 Å². The van der Waals surface area contributed by atoms with Crippen LogP contribution in [-0.4, -0.2) is 26.9 Å². The molecule has 2 rings (SSSR count). The first-order chi connectivity index (χ1) is 7.65. The monoisotopic (exact) mass is 259 g/mol. The van der Waals surface area contributed by atoms with Gasteiger partial charge in [0.25, 0.3) is 0 Å². The largest absolute Gasteiger partial charge is 0.506 e. The van der Waals surface area contributed by atoms with Crippen molar-refractivity contribution in [3.63, 3.8) is 0 Å². The van der Waals surface area contributed by atoms with Crippen molar-refractivity contribution in [1.29, 1.82) is 0 Å². The molecule has 2 N–H and O–H groups in total. The van der Waals surface area contributed by atoms with Gasteiger partial charge in [-0.2, -0.15) is 0 Å². The van der Waals surface area contributed by atoms with Crippen molar-refractivity contribution in [3.8, 4) is 5.75 Å². The molecule has 0 unspecified atom stereocenters. The zero-order valence-corrected chi connectivity index (χ0v) is 10.4. The van der Waals surface area contributed by atoms with Crippen LogP contribution in [0.4, 0.5) is 5.69 Å². The van der Waals surface area contributed by atoms with E-state index < -0.39 is 10.8 Å². The highest BCUT2D eigenvalue weighted by Crippen LogP contribution is 2.27. The van der Waals surface area contributed by atoms with E-state index >= 15 is 0 Å². The zero-order valence-electron chi connectivity index (χ0n) is 8.78. The molecule has 0 aromatic heterocycles. The Kier molecular flexibility index (Phi) is 3.71. The molecular formula is C11H14ClNO2S. The van der Waals surface area contributed by atoms with Crippen LogP contribution in [0.3, 0.4) is 0 Å². The zero-order chi connectivity index (χ0) is 11.5. The number of benzene rings is 1. The van der Waals surface area contributed by atoms with Crippen LogP contribution in [0.5, 0.6) is 5.75 Å². The van der Waals surface area contributed by atoms with Crippen molar-refractivity contribution in [1.82, 2.24) is 0 Å². The second-order valence-corrected chi connectivity index (χ2v) is 6.04. The molecule has 0 atom stereocenters. The average Bonchev–Trinajstić information content (AvgIpc) is 2.27. The van der Waals surface area contributed by atoms with Crippen LogP contribution in [0.15, 0.2) is 18.2 Å². The number of phenols is 1. The van der Waals surface area contributed by atoms with Gasteiger partial charge in [-0.1, -0.05) is 11.6 Å². The molecule has 0 amide bonds. The summed E-state index contributed by atoms with van der Waals surface area (Å²) in [6.45, 7) is 0. The van der Waals surface area contributed by atoms with E-state index in [0.717, 1.165) is 30.0 Å². The number of halogens is 1. The fourth-order valence-electron chi connectivity index (χ4n) is 1.77. The third-order valence-electron chi connectivity index (χ3n) is 2.71. The number of nitrogens with one attached hydrogen (secondary N) is 1. The molecule has 0 saturated carbocycles. The molecule has 1 aliphatic rings. The van der Waals surface area contributed by atoms with Gasteiger partial charge in [0.2, 0.25) is 0 Å². The minimum Gasteiger partial charge on any atom is -0.506 e. The fourth-order valence-corrected chi connectivity index (χ4v) is 3.25. The van der Waals surface area contributed by atoms with E-state index in [9.17, 15) is 9.32 Å². The van der Waals surface area contributed by atoms with Gasteiger partial charge in [-0.3, -0.25) is 4.21 Å². The Bertz CT molecular complexity index is 401. The molecule has 1 aromatic carbocycles. The minimum absolute atomic E-state index is 0.0944. The Hall–Kier alpha value is -0.740. The first kappa shape index (κ1) is 11.7. The molecule has 0 bridgehead atoms. The van der Waals surface area contributed by atoms with Gasteiger partial charge in [0.15, 0.2) is 0 Å². The Balaban J connectivity index is 1.98. The van der Waals surface area contributed by atoms with E-state index in [2.05, 4.69) is 5.32 Å². The van der Waals surface area contributed by atoms with Crippen LogP contribution >= 0.6 is 11.6 Å². The molecule has 0 radical (unpaired) electrons. The summed E-state index contributed by atoms with van der Waals surface area (Å²) in [5, 5.41) is 13.0. The molecule has 16 heavy (non-hydrogen) atoms. The summed E-state index contributed by atoms with van der Waals surface area (Å²) in [4.78, 5) is 0. The van der Waals surface area contributed by atoms with Gasteiger partial charge in [-0.15, -0.1) is 0 Å². The highest BCUT2D eigenvalue weighted by atomic mass is 35.5. The van der Waals surface area contributed by atoms with Gasteiger partial charge < -0.3 is 10.4 Å². The average molecular weight is 260 g/mol. The molecule has 1 aliphatic heterocycles. The third-order valence-corrected chi connectivity index (χ3v) is 4.39. The van der Waals surface area contributed by atoms with Crippen molar-refractivity contribution >= 4 is 28.1 Å². The maximum absolute atomic E-state index is 11.2. The lowest BCUT2D eigenvalue weighted by molar-refractivity contribution is 0.475. The van der Waals surface area contributed by atoms with Crippen molar-refractivity contribution in [2.45, 2.75) is 18.9 Å². The number of hydrogen-bond donors (Lipinski definition) is 2. The number of anilines is 1. The molecule has 1 saturated heterocycles. The lowest BCUT2D eigenvalue weighted by Crippen LogP contribution is -2.29. The molecule has 1 fully saturated rings. The van der Waals surface area contributed by atoms with E-state index in [0.29, 0.717) is 11.1 Å². The second-order valence-electron chi connectivity index (χ2n) is 3.93. The summed E-state index contributed by atoms with van der Waals surface area (Å²) in [7, 11) is -0.633. The lowest BCUT2D eigenvalue weighted by Gasteiger charge is -2.23. The highest BCUT2D eigenvalue weighted by Gasteiger charge is 2.17. The van der Waals surface area contributed by atoms with E-state index in [1.807, 2.05) is 0 Å². The topological polar surface area (TPSA) is 49.3 Å². The van der Waals surface area contributed by atoms with Gasteiger partial charge >= 0.3 is 0 Å². The number of rotatable bonds is 2. The number of hydrogen-bond acceptors (Lipinski definition) is 3. The predicted octanol–water partition coefficient (Wildman–Crippen LogP) is 2.37. The van der Waals surface area contributed by atoms with Gasteiger partial charge in [0, 0.05) is 34.0 Å². The van der Waals surface area contributed by atoms with E-state index in [1.54, 1.807) is 18.2 Å². The van der Waals surface area contributed by atoms with Crippen molar-refractivity contribution < 1.29 is 9.32 Å². The first-order valence-corrected chi connectivity index (χ1v) is 7.12. The SMILES string of the molecule is O=S1CCC(Nc2ccc(O)c(Cl)c2)CC1. The van der Waals surface area contributed by atoms with Gasteiger partial charge in [0.1, 0.15) is 5.75 Å². The smallest absolute Gasteiger partial charge is 0.134 e. The molecule has 0 aliphatic carbocycles. The molecule has 1 aromatic rings. The molecule has 1 heterocycles. The van der Waals surface area contributed by atoms with Crippen LogP contribution in [-0.2, 0) is 10.8 Å². The lowest BCUT2D eigenvalue weighted by atomic mass is 10.1. The Morgan fingerprint density at radius 1 is 1.38 bits per heavy atom. The Labute approximate surface area is 102 Å². The van der Waals surface area contributed by atoms with Crippen LogP contribution in [0.2, 0.25) is 5.02 Å². The summed E-state index contributed by atoms with van der Waals surface area (Å²) >= 11 is 5.82. The molecule has 3 nitrogen and oxygen atoms in total. The predicted molar refractivity (Wildman–Crippen MR) is 67.6 cm³/mol. The normalized spacial score (nSPS) is 25.3. The van der Waals surface area contributed by atoms with Crippen LogP contribution in [0.1, 0.15) is 12.8 Å². The Morgan fingerprint density at radius 3 is 2.69 bits per heavy atom. The minimum atomic E-state index is -0.633. The highest BCUT2D eigenvalue weighted by molar-refractivity contribution is 7.85. The number of phenolic OH excluding ortho intramolecular Hbond substituents is 1. The van der Waals surface area contributed by atoms with Crippen molar-refractivity contribution in [2.75, 3.05) is 16.8 Å². The van der Waals surface area contributed by atoms with Gasteiger partial charge in [-0.05, 0) is 31.0 Å². The van der Waals surface area contributed by atoms with Gasteiger partial charge in [0.05, 0.1) is 5.02 Å². The second kappa shape index (κ2) is 5.06. The third kappa shape index (κ3) is 2.89. The standard InChI is InChI=1S/C11H14ClNO2S/c12-10-7-9(1-2-11(10)14)13-8-3-5-16(15)6-4-8/h1-2,7-8,13-14H,3-6H2.